The Bertz CT molecular complexity index is 456. The number of rotatable bonds is 7. The summed E-state index contributed by atoms with van der Waals surface area (Å²) >= 11 is 5.84. The van der Waals surface area contributed by atoms with Crippen LogP contribution in [0.5, 0.6) is 0 Å². The topological polar surface area (TPSA) is 46.2 Å². The predicted octanol–water partition coefficient (Wildman–Crippen LogP) is 2.82. The number of nitrogens with one attached hydrogen (secondary N) is 1. The highest BCUT2D eigenvalue weighted by Crippen LogP contribution is 2.18. The highest BCUT2D eigenvalue weighted by atomic mass is 35.5. The quantitative estimate of drug-likeness (QED) is 0.839. The molecule has 0 heterocycles. The minimum atomic E-state index is -2.90. The summed E-state index contributed by atoms with van der Waals surface area (Å²) in [5, 5.41) is 3.98. The molecule has 0 aliphatic heterocycles. The lowest BCUT2D eigenvalue weighted by Gasteiger charge is -2.17. The van der Waals surface area contributed by atoms with Gasteiger partial charge >= 0.3 is 0 Å². The van der Waals surface area contributed by atoms with Crippen molar-refractivity contribution in [1.29, 1.82) is 0 Å². The van der Waals surface area contributed by atoms with Crippen LogP contribution in [0, 0.1) is 0 Å². The van der Waals surface area contributed by atoms with Gasteiger partial charge in [-0.25, -0.2) is 8.42 Å². The third-order valence-corrected chi connectivity index (χ3v) is 4.88. The Balaban J connectivity index is 2.55. The summed E-state index contributed by atoms with van der Waals surface area (Å²) in [7, 11) is -2.90. The minimum absolute atomic E-state index is 0.175. The van der Waals surface area contributed by atoms with Crippen molar-refractivity contribution in [2.24, 2.45) is 0 Å². The highest BCUT2D eigenvalue weighted by Gasteiger charge is 2.11. The molecule has 1 N–H and O–H groups in total. The molecule has 1 unspecified atom stereocenters. The monoisotopic (exact) mass is 289 g/mol. The lowest BCUT2D eigenvalue weighted by Crippen LogP contribution is -2.27. The van der Waals surface area contributed by atoms with Gasteiger partial charge in [0.15, 0.2) is 9.84 Å². The molecule has 102 valence electrons. The van der Waals surface area contributed by atoms with Crippen LogP contribution in [0.2, 0.25) is 5.02 Å². The van der Waals surface area contributed by atoms with Crippen LogP contribution in [0.15, 0.2) is 24.3 Å². The second kappa shape index (κ2) is 7.12. The zero-order chi connectivity index (χ0) is 13.6. The normalized spacial score (nSPS) is 13.5. The number of benzene rings is 1. The number of hydrogen-bond acceptors (Lipinski definition) is 3. The summed E-state index contributed by atoms with van der Waals surface area (Å²) < 4.78 is 22.8. The molecule has 5 heteroatoms. The molecule has 0 spiro atoms. The lowest BCUT2D eigenvalue weighted by molar-refractivity contribution is 0.531. The van der Waals surface area contributed by atoms with Crippen molar-refractivity contribution >= 4 is 21.4 Å². The van der Waals surface area contributed by atoms with Crippen molar-refractivity contribution < 1.29 is 8.42 Å². The molecule has 18 heavy (non-hydrogen) atoms. The van der Waals surface area contributed by atoms with E-state index in [-0.39, 0.29) is 17.5 Å². The second-order valence-corrected chi connectivity index (χ2v) is 7.11. The van der Waals surface area contributed by atoms with E-state index in [1.165, 1.54) is 0 Å². The molecule has 0 saturated heterocycles. The van der Waals surface area contributed by atoms with E-state index in [4.69, 9.17) is 11.6 Å². The Morgan fingerprint density at radius 2 is 1.83 bits per heavy atom. The van der Waals surface area contributed by atoms with Crippen molar-refractivity contribution in [2.75, 3.05) is 18.1 Å². The fourth-order valence-electron chi connectivity index (χ4n) is 1.73. The lowest BCUT2D eigenvalue weighted by atomic mass is 10.1. The Morgan fingerprint density at radius 1 is 1.22 bits per heavy atom. The first-order valence-corrected chi connectivity index (χ1v) is 8.37. The van der Waals surface area contributed by atoms with Crippen LogP contribution in [-0.4, -0.2) is 26.5 Å². The Hall–Kier alpha value is -0.580. The van der Waals surface area contributed by atoms with Crippen molar-refractivity contribution in [3.63, 3.8) is 0 Å². The standard InChI is InChI=1S/C13H20ClNO2S/c1-3-13(11-5-7-12(14)8-6-11)15-9-10-18(16,17)4-2/h5-8,13,15H,3-4,9-10H2,1-2H3. The fraction of sp³-hybridized carbons (Fsp3) is 0.538. The van der Waals surface area contributed by atoms with Crippen LogP contribution in [0.3, 0.4) is 0 Å². The van der Waals surface area contributed by atoms with Crippen molar-refractivity contribution in [3.05, 3.63) is 34.9 Å². The Morgan fingerprint density at radius 3 is 2.33 bits per heavy atom. The predicted molar refractivity (Wildman–Crippen MR) is 76.8 cm³/mol. The number of sulfone groups is 1. The van der Waals surface area contributed by atoms with Gasteiger partial charge in [0.25, 0.3) is 0 Å². The van der Waals surface area contributed by atoms with Gasteiger partial charge in [0.05, 0.1) is 5.75 Å². The van der Waals surface area contributed by atoms with Crippen LogP contribution in [0.4, 0.5) is 0 Å². The summed E-state index contributed by atoms with van der Waals surface area (Å²) in [4.78, 5) is 0. The smallest absolute Gasteiger partial charge is 0.151 e. The van der Waals surface area contributed by atoms with Crippen LogP contribution >= 0.6 is 11.6 Å². The summed E-state index contributed by atoms with van der Waals surface area (Å²) in [5.41, 5.74) is 1.13. The summed E-state index contributed by atoms with van der Waals surface area (Å²) in [5.74, 6) is 0.389. The maximum atomic E-state index is 11.4. The van der Waals surface area contributed by atoms with Gasteiger partial charge in [0.1, 0.15) is 0 Å². The zero-order valence-corrected chi connectivity index (χ0v) is 12.4. The molecule has 0 bridgehead atoms. The molecule has 1 aromatic rings. The van der Waals surface area contributed by atoms with Gasteiger partial charge in [-0.2, -0.15) is 0 Å². The van der Waals surface area contributed by atoms with Crippen LogP contribution < -0.4 is 5.32 Å². The summed E-state index contributed by atoms with van der Waals surface area (Å²) in [6, 6.07) is 7.82. The first-order valence-electron chi connectivity index (χ1n) is 6.17. The van der Waals surface area contributed by atoms with Gasteiger partial charge in [-0.15, -0.1) is 0 Å². The molecule has 3 nitrogen and oxygen atoms in total. The van der Waals surface area contributed by atoms with Gasteiger partial charge in [-0.1, -0.05) is 37.6 Å². The van der Waals surface area contributed by atoms with Gasteiger partial charge in [0.2, 0.25) is 0 Å². The van der Waals surface area contributed by atoms with E-state index >= 15 is 0 Å². The average molecular weight is 290 g/mol. The zero-order valence-electron chi connectivity index (χ0n) is 10.8. The van der Waals surface area contributed by atoms with E-state index in [1.54, 1.807) is 6.92 Å². The van der Waals surface area contributed by atoms with E-state index in [0.29, 0.717) is 11.6 Å². The summed E-state index contributed by atoms with van der Waals surface area (Å²) in [6.45, 7) is 4.23. The van der Waals surface area contributed by atoms with Gasteiger partial charge in [-0.05, 0) is 24.1 Å². The third-order valence-electron chi connectivity index (χ3n) is 2.92. The Labute approximate surface area is 114 Å². The van der Waals surface area contributed by atoms with E-state index in [9.17, 15) is 8.42 Å². The van der Waals surface area contributed by atoms with Gasteiger partial charge in [0, 0.05) is 23.4 Å². The summed E-state index contributed by atoms with van der Waals surface area (Å²) in [6.07, 6.45) is 0.911. The maximum absolute atomic E-state index is 11.4. The SMILES string of the molecule is CCC(NCCS(=O)(=O)CC)c1ccc(Cl)cc1. The van der Waals surface area contributed by atoms with Crippen LogP contribution in [0.1, 0.15) is 31.9 Å². The second-order valence-electron chi connectivity index (χ2n) is 4.20. The molecule has 0 aliphatic rings. The number of halogens is 1. The van der Waals surface area contributed by atoms with Gasteiger partial charge < -0.3 is 5.32 Å². The minimum Gasteiger partial charge on any atom is -0.309 e. The first kappa shape index (κ1) is 15.5. The first-order chi connectivity index (χ1) is 8.48. The molecule has 0 amide bonds. The van der Waals surface area contributed by atoms with Crippen molar-refractivity contribution in [2.45, 2.75) is 26.3 Å². The molecule has 0 fully saturated rings. The van der Waals surface area contributed by atoms with E-state index in [2.05, 4.69) is 12.2 Å². The Kier molecular flexibility index (Phi) is 6.12. The highest BCUT2D eigenvalue weighted by molar-refractivity contribution is 7.91. The maximum Gasteiger partial charge on any atom is 0.151 e. The fourth-order valence-corrected chi connectivity index (χ4v) is 2.57. The van der Waals surface area contributed by atoms with E-state index < -0.39 is 9.84 Å². The number of hydrogen-bond donors (Lipinski definition) is 1. The van der Waals surface area contributed by atoms with E-state index in [0.717, 1.165) is 12.0 Å². The molecule has 0 saturated carbocycles. The molecule has 0 aliphatic carbocycles. The van der Waals surface area contributed by atoms with Crippen molar-refractivity contribution in [3.8, 4) is 0 Å². The molecule has 0 radical (unpaired) electrons. The van der Waals surface area contributed by atoms with Crippen LogP contribution in [0.25, 0.3) is 0 Å². The average Bonchev–Trinajstić information content (AvgIpc) is 2.36. The van der Waals surface area contributed by atoms with E-state index in [1.807, 2.05) is 24.3 Å². The van der Waals surface area contributed by atoms with Crippen LogP contribution in [-0.2, 0) is 9.84 Å². The molecule has 1 aromatic carbocycles. The molecular formula is C13H20ClNO2S. The molecular weight excluding hydrogens is 270 g/mol. The molecule has 1 atom stereocenters. The molecule has 0 aromatic heterocycles. The largest absolute Gasteiger partial charge is 0.309 e. The van der Waals surface area contributed by atoms with Crippen molar-refractivity contribution in [1.82, 2.24) is 5.32 Å². The molecule has 1 rings (SSSR count). The van der Waals surface area contributed by atoms with Gasteiger partial charge in [-0.3, -0.25) is 0 Å². The third kappa shape index (κ3) is 4.96.